The van der Waals surface area contributed by atoms with Crippen LogP contribution in [0.5, 0.6) is 5.75 Å². The number of pyridine rings is 1. The first kappa shape index (κ1) is 17.4. The van der Waals surface area contributed by atoms with Crippen LogP contribution in [0.25, 0.3) is 0 Å². The van der Waals surface area contributed by atoms with Crippen molar-refractivity contribution >= 4 is 17.4 Å². The number of amides is 1. The van der Waals surface area contributed by atoms with Crippen molar-refractivity contribution in [3.05, 3.63) is 83.8 Å². The quantitative estimate of drug-likeness (QED) is 0.702. The van der Waals surface area contributed by atoms with Gasteiger partial charge in [-0.15, -0.1) is 0 Å². The summed E-state index contributed by atoms with van der Waals surface area (Å²) in [5.74, 6) is 0.631. The Kier molecular flexibility index (Phi) is 5.43. The van der Waals surface area contributed by atoms with E-state index >= 15 is 0 Å². The first-order chi connectivity index (χ1) is 12.7. The Morgan fingerprint density at radius 1 is 1.12 bits per heavy atom. The van der Waals surface area contributed by atoms with Crippen LogP contribution in [0.2, 0.25) is 0 Å². The molecule has 0 saturated carbocycles. The summed E-state index contributed by atoms with van der Waals surface area (Å²) in [5.41, 5.74) is 1.80. The number of ether oxygens (including phenoxy) is 1. The zero-order valence-electron chi connectivity index (χ0n) is 14.2. The molecule has 3 aromatic rings. The number of methoxy groups -OCH3 is 1. The maximum atomic E-state index is 13.2. The van der Waals surface area contributed by atoms with Gasteiger partial charge in [-0.2, -0.15) is 0 Å². The van der Waals surface area contributed by atoms with Crippen LogP contribution in [0.1, 0.15) is 15.9 Å². The summed E-state index contributed by atoms with van der Waals surface area (Å²) in [5, 5.41) is 5.89. The molecule has 1 heterocycles. The average Bonchev–Trinajstić information content (AvgIpc) is 2.67. The average molecular weight is 351 g/mol. The zero-order chi connectivity index (χ0) is 18.4. The number of nitrogens with one attached hydrogen (secondary N) is 2. The smallest absolute Gasteiger partial charge is 0.255 e. The molecule has 0 atom stereocenters. The molecular formula is C20H18FN3O2. The molecule has 0 aliphatic rings. The monoisotopic (exact) mass is 351 g/mol. The third kappa shape index (κ3) is 4.36. The van der Waals surface area contributed by atoms with Gasteiger partial charge in [0, 0.05) is 17.7 Å². The normalized spacial score (nSPS) is 10.2. The lowest BCUT2D eigenvalue weighted by atomic mass is 10.2. The summed E-state index contributed by atoms with van der Waals surface area (Å²) in [6.45, 7) is 0.562. The number of hydrogen-bond acceptors (Lipinski definition) is 4. The summed E-state index contributed by atoms with van der Waals surface area (Å²) in [7, 11) is 1.63. The van der Waals surface area contributed by atoms with Crippen molar-refractivity contribution in [1.29, 1.82) is 0 Å². The Labute approximate surface area is 150 Å². The standard InChI is InChI=1S/C20H18FN3O2/c1-26-18-8-3-2-5-15(18)12-22-19-10-9-17(13-23-19)24-20(25)14-6-4-7-16(21)11-14/h2-11,13H,12H2,1H3,(H,22,23)(H,24,25). The highest BCUT2D eigenvalue weighted by atomic mass is 19.1. The number of rotatable bonds is 6. The molecule has 2 aromatic carbocycles. The zero-order valence-corrected chi connectivity index (χ0v) is 14.2. The Bertz CT molecular complexity index is 898. The summed E-state index contributed by atoms with van der Waals surface area (Å²) < 4.78 is 18.5. The van der Waals surface area contributed by atoms with Crippen LogP contribution in [0.4, 0.5) is 15.9 Å². The lowest BCUT2D eigenvalue weighted by Gasteiger charge is -2.10. The molecule has 0 spiro atoms. The van der Waals surface area contributed by atoms with Crippen LogP contribution in [0.15, 0.2) is 66.9 Å². The highest BCUT2D eigenvalue weighted by Crippen LogP contribution is 2.19. The molecule has 26 heavy (non-hydrogen) atoms. The lowest BCUT2D eigenvalue weighted by molar-refractivity contribution is 0.102. The lowest BCUT2D eigenvalue weighted by Crippen LogP contribution is -2.12. The minimum absolute atomic E-state index is 0.253. The molecule has 2 N–H and O–H groups in total. The summed E-state index contributed by atoms with van der Waals surface area (Å²) in [4.78, 5) is 16.4. The number of para-hydroxylation sites is 1. The Hall–Kier alpha value is -3.41. The fourth-order valence-electron chi connectivity index (χ4n) is 2.44. The van der Waals surface area contributed by atoms with Crippen LogP contribution in [-0.4, -0.2) is 18.0 Å². The molecular weight excluding hydrogens is 333 g/mol. The van der Waals surface area contributed by atoms with E-state index in [1.807, 2.05) is 24.3 Å². The SMILES string of the molecule is COc1ccccc1CNc1ccc(NC(=O)c2cccc(F)c2)cn1. The van der Waals surface area contributed by atoms with Crippen LogP contribution in [-0.2, 0) is 6.54 Å². The van der Waals surface area contributed by atoms with E-state index in [0.29, 0.717) is 18.1 Å². The number of hydrogen-bond donors (Lipinski definition) is 2. The summed E-state index contributed by atoms with van der Waals surface area (Å²) >= 11 is 0. The number of nitrogens with zero attached hydrogens (tertiary/aromatic N) is 1. The number of benzene rings is 2. The van der Waals surface area contributed by atoms with Crippen LogP contribution >= 0.6 is 0 Å². The van der Waals surface area contributed by atoms with Crippen molar-refractivity contribution in [3.8, 4) is 5.75 Å². The second-order valence-corrected chi connectivity index (χ2v) is 5.56. The van der Waals surface area contributed by atoms with Crippen molar-refractivity contribution < 1.29 is 13.9 Å². The van der Waals surface area contributed by atoms with Crippen LogP contribution in [0, 0.1) is 5.82 Å². The minimum atomic E-state index is -0.452. The number of carbonyl (C=O) groups excluding carboxylic acids is 1. The molecule has 0 aliphatic carbocycles. The highest BCUT2D eigenvalue weighted by molar-refractivity contribution is 6.04. The van der Waals surface area contributed by atoms with Crippen LogP contribution < -0.4 is 15.4 Å². The molecule has 3 rings (SSSR count). The van der Waals surface area contributed by atoms with E-state index < -0.39 is 5.82 Å². The van der Waals surface area contributed by atoms with E-state index in [4.69, 9.17) is 4.74 Å². The van der Waals surface area contributed by atoms with E-state index in [9.17, 15) is 9.18 Å². The largest absolute Gasteiger partial charge is 0.496 e. The summed E-state index contributed by atoms with van der Waals surface area (Å²) in [6, 6.07) is 16.7. The van der Waals surface area contributed by atoms with Gasteiger partial charge in [-0.1, -0.05) is 24.3 Å². The van der Waals surface area contributed by atoms with Crippen molar-refractivity contribution in [2.24, 2.45) is 0 Å². The third-order valence-electron chi connectivity index (χ3n) is 3.76. The predicted octanol–water partition coefficient (Wildman–Crippen LogP) is 4.09. The van der Waals surface area contributed by atoms with Gasteiger partial charge in [-0.25, -0.2) is 9.37 Å². The van der Waals surface area contributed by atoms with Gasteiger partial charge >= 0.3 is 0 Å². The van der Waals surface area contributed by atoms with Crippen molar-refractivity contribution in [3.63, 3.8) is 0 Å². The third-order valence-corrected chi connectivity index (χ3v) is 3.76. The van der Waals surface area contributed by atoms with Gasteiger partial charge in [0.25, 0.3) is 5.91 Å². The van der Waals surface area contributed by atoms with Gasteiger partial charge in [-0.3, -0.25) is 4.79 Å². The van der Waals surface area contributed by atoms with E-state index in [1.54, 1.807) is 31.5 Å². The molecule has 0 saturated heterocycles. The van der Waals surface area contributed by atoms with E-state index in [1.165, 1.54) is 18.2 Å². The molecule has 0 fully saturated rings. The molecule has 6 heteroatoms. The Morgan fingerprint density at radius 2 is 1.96 bits per heavy atom. The Morgan fingerprint density at radius 3 is 2.69 bits per heavy atom. The predicted molar refractivity (Wildman–Crippen MR) is 98.9 cm³/mol. The molecule has 0 unspecified atom stereocenters. The Balaban J connectivity index is 1.60. The number of aromatic nitrogens is 1. The van der Waals surface area contributed by atoms with E-state index in [0.717, 1.165) is 11.3 Å². The highest BCUT2D eigenvalue weighted by Gasteiger charge is 2.07. The molecule has 1 aromatic heterocycles. The second-order valence-electron chi connectivity index (χ2n) is 5.56. The van der Waals surface area contributed by atoms with Gasteiger partial charge in [0.2, 0.25) is 0 Å². The second kappa shape index (κ2) is 8.11. The van der Waals surface area contributed by atoms with E-state index in [-0.39, 0.29) is 11.5 Å². The first-order valence-electron chi connectivity index (χ1n) is 8.04. The van der Waals surface area contributed by atoms with Crippen LogP contribution in [0.3, 0.4) is 0 Å². The number of halogens is 1. The van der Waals surface area contributed by atoms with Gasteiger partial charge < -0.3 is 15.4 Å². The maximum Gasteiger partial charge on any atom is 0.255 e. The van der Waals surface area contributed by atoms with E-state index in [2.05, 4.69) is 15.6 Å². The van der Waals surface area contributed by atoms with Gasteiger partial charge in [0.05, 0.1) is 19.0 Å². The molecule has 0 radical (unpaired) electrons. The maximum absolute atomic E-state index is 13.2. The first-order valence-corrected chi connectivity index (χ1v) is 8.04. The van der Waals surface area contributed by atoms with Gasteiger partial charge in [0.1, 0.15) is 17.4 Å². The fourth-order valence-corrected chi connectivity index (χ4v) is 2.44. The van der Waals surface area contributed by atoms with Gasteiger partial charge in [-0.05, 0) is 36.4 Å². The molecule has 0 aliphatic heterocycles. The van der Waals surface area contributed by atoms with Crippen molar-refractivity contribution in [2.75, 3.05) is 17.7 Å². The molecule has 1 amide bonds. The van der Waals surface area contributed by atoms with Crippen molar-refractivity contribution in [1.82, 2.24) is 4.98 Å². The summed E-state index contributed by atoms with van der Waals surface area (Å²) in [6.07, 6.45) is 1.54. The van der Waals surface area contributed by atoms with Crippen molar-refractivity contribution in [2.45, 2.75) is 6.54 Å². The molecule has 0 bridgehead atoms. The topological polar surface area (TPSA) is 63.2 Å². The molecule has 5 nitrogen and oxygen atoms in total. The minimum Gasteiger partial charge on any atom is -0.496 e. The molecule has 132 valence electrons. The van der Waals surface area contributed by atoms with Gasteiger partial charge in [0.15, 0.2) is 0 Å². The number of carbonyl (C=O) groups is 1. The fraction of sp³-hybridized carbons (Fsp3) is 0.100. The number of anilines is 2.